The molecule has 0 aliphatic rings. The lowest BCUT2D eigenvalue weighted by Crippen LogP contribution is -2.38. The molecule has 0 saturated heterocycles. The fourth-order valence-electron chi connectivity index (χ4n) is 2.59. The van der Waals surface area contributed by atoms with Crippen molar-refractivity contribution in [2.75, 3.05) is 7.05 Å². The van der Waals surface area contributed by atoms with Crippen molar-refractivity contribution in [2.45, 2.75) is 32.0 Å². The fraction of sp³-hybridized carbons (Fsp3) is 0.353. The van der Waals surface area contributed by atoms with Crippen molar-refractivity contribution < 1.29 is 0 Å². The molecule has 2 N–H and O–H groups in total. The van der Waals surface area contributed by atoms with Crippen LogP contribution in [0.3, 0.4) is 0 Å². The summed E-state index contributed by atoms with van der Waals surface area (Å²) >= 11 is 5.94. The summed E-state index contributed by atoms with van der Waals surface area (Å²) < 4.78 is 0. The van der Waals surface area contributed by atoms with E-state index in [2.05, 4.69) is 36.0 Å². The molecule has 4 heteroatoms. The van der Waals surface area contributed by atoms with E-state index in [-0.39, 0.29) is 12.1 Å². The van der Waals surface area contributed by atoms with Crippen LogP contribution in [0.4, 0.5) is 0 Å². The van der Waals surface area contributed by atoms with Crippen LogP contribution in [0.2, 0.25) is 5.02 Å². The second-order valence-corrected chi connectivity index (χ2v) is 5.78. The van der Waals surface area contributed by atoms with Crippen LogP contribution in [0.15, 0.2) is 48.8 Å². The van der Waals surface area contributed by atoms with Crippen molar-refractivity contribution in [3.63, 3.8) is 0 Å². The lowest BCUT2D eigenvalue weighted by molar-refractivity contribution is 0.201. The maximum Gasteiger partial charge on any atom is 0.0500 e. The van der Waals surface area contributed by atoms with Gasteiger partial charge in [-0.05, 0) is 48.9 Å². The van der Waals surface area contributed by atoms with Crippen LogP contribution in [0, 0.1) is 0 Å². The van der Waals surface area contributed by atoms with Gasteiger partial charge < -0.3 is 5.73 Å². The smallest absolute Gasteiger partial charge is 0.0500 e. The molecule has 0 aliphatic carbocycles. The quantitative estimate of drug-likeness (QED) is 0.886. The molecule has 0 radical (unpaired) electrons. The number of aromatic nitrogens is 1. The summed E-state index contributed by atoms with van der Waals surface area (Å²) in [4.78, 5) is 6.38. The van der Waals surface area contributed by atoms with Crippen LogP contribution in [0.5, 0.6) is 0 Å². The predicted octanol–water partition coefficient (Wildman–Crippen LogP) is 3.65. The largest absolute Gasteiger partial charge is 0.326 e. The second kappa shape index (κ2) is 7.55. The molecule has 112 valence electrons. The number of rotatable bonds is 6. The van der Waals surface area contributed by atoms with Gasteiger partial charge >= 0.3 is 0 Å². The molecule has 1 aromatic carbocycles. The molecule has 1 heterocycles. The zero-order valence-electron chi connectivity index (χ0n) is 12.5. The van der Waals surface area contributed by atoms with Crippen molar-refractivity contribution in [3.8, 4) is 0 Å². The minimum atomic E-state index is 0.0877. The molecule has 2 aromatic rings. The molecule has 21 heavy (non-hydrogen) atoms. The van der Waals surface area contributed by atoms with Gasteiger partial charge in [-0.1, -0.05) is 30.7 Å². The molecule has 0 spiro atoms. The Morgan fingerprint density at radius 3 is 2.33 bits per heavy atom. The van der Waals surface area contributed by atoms with E-state index in [0.717, 1.165) is 18.0 Å². The van der Waals surface area contributed by atoms with Crippen molar-refractivity contribution in [1.29, 1.82) is 0 Å². The lowest BCUT2D eigenvalue weighted by Gasteiger charge is -2.32. The lowest BCUT2D eigenvalue weighted by atomic mass is 9.97. The summed E-state index contributed by atoms with van der Waals surface area (Å²) in [5, 5.41) is 0.761. The normalized spacial score (nSPS) is 14.1. The standard InChI is InChI=1S/C17H22ClN3/c1-3-16(19)17(14-8-10-20-11-9-14)21(2)12-13-4-6-15(18)7-5-13/h4-11,16-17H,3,12,19H2,1-2H3. The summed E-state index contributed by atoms with van der Waals surface area (Å²) in [6.07, 6.45) is 4.57. The Balaban J connectivity index is 2.18. The monoisotopic (exact) mass is 303 g/mol. The van der Waals surface area contributed by atoms with E-state index in [1.54, 1.807) is 0 Å². The topological polar surface area (TPSA) is 42.1 Å². The first-order valence-corrected chi connectivity index (χ1v) is 7.59. The summed E-state index contributed by atoms with van der Waals surface area (Å²) in [6.45, 7) is 2.95. The molecule has 2 rings (SSSR count). The van der Waals surface area contributed by atoms with Crippen molar-refractivity contribution in [2.24, 2.45) is 5.73 Å². The SMILES string of the molecule is CCC(N)C(c1ccncc1)N(C)Cc1ccc(Cl)cc1. The van der Waals surface area contributed by atoms with E-state index in [9.17, 15) is 0 Å². The highest BCUT2D eigenvalue weighted by Gasteiger charge is 2.23. The van der Waals surface area contributed by atoms with Crippen molar-refractivity contribution in [1.82, 2.24) is 9.88 Å². The van der Waals surface area contributed by atoms with Crippen molar-refractivity contribution in [3.05, 3.63) is 64.9 Å². The molecule has 3 nitrogen and oxygen atoms in total. The van der Waals surface area contributed by atoms with Crippen LogP contribution in [-0.2, 0) is 6.54 Å². The maximum atomic E-state index is 6.34. The van der Waals surface area contributed by atoms with Gasteiger partial charge in [-0.3, -0.25) is 9.88 Å². The number of nitrogens with two attached hydrogens (primary N) is 1. The molecule has 0 fully saturated rings. The highest BCUT2D eigenvalue weighted by atomic mass is 35.5. The number of halogens is 1. The number of benzene rings is 1. The minimum absolute atomic E-state index is 0.0877. The molecular weight excluding hydrogens is 282 g/mol. The average molecular weight is 304 g/mol. The van der Waals surface area contributed by atoms with Crippen LogP contribution in [0.1, 0.15) is 30.5 Å². The fourth-order valence-corrected chi connectivity index (χ4v) is 2.71. The van der Waals surface area contributed by atoms with E-state index in [1.807, 2.05) is 36.7 Å². The highest BCUT2D eigenvalue weighted by Crippen LogP contribution is 2.25. The van der Waals surface area contributed by atoms with E-state index in [0.29, 0.717) is 0 Å². The number of pyridine rings is 1. The molecule has 2 unspecified atom stereocenters. The first-order valence-electron chi connectivity index (χ1n) is 7.22. The van der Waals surface area contributed by atoms with E-state index in [4.69, 9.17) is 17.3 Å². The highest BCUT2D eigenvalue weighted by molar-refractivity contribution is 6.30. The van der Waals surface area contributed by atoms with Gasteiger partial charge in [0.05, 0.1) is 6.04 Å². The number of likely N-dealkylation sites (N-methyl/N-ethyl adjacent to an activating group) is 1. The van der Waals surface area contributed by atoms with Gasteiger partial charge in [-0.15, -0.1) is 0 Å². The molecule has 0 bridgehead atoms. The Kier molecular flexibility index (Phi) is 5.74. The van der Waals surface area contributed by atoms with Crippen LogP contribution in [0.25, 0.3) is 0 Å². The summed E-state index contributed by atoms with van der Waals surface area (Å²) in [7, 11) is 2.11. The minimum Gasteiger partial charge on any atom is -0.326 e. The molecule has 2 atom stereocenters. The first kappa shape index (κ1) is 16.0. The number of hydrogen-bond donors (Lipinski definition) is 1. The zero-order valence-corrected chi connectivity index (χ0v) is 13.3. The first-order chi connectivity index (χ1) is 10.1. The Morgan fingerprint density at radius 1 is 1.14 bits per heavy atom. The zero-order chi connectivity index (χ0) is 15.2. The van der Waals surface area contributed by atoms with E-state index >= 15 is 0 Å². The summed E-state index contributed by atoms with van der Waals surface area (Å²) in [6, 6.07) is 12.3. The molecule has 0 amide bonds. The van der Waals surface area contributed by atoms with Crippen molar-refractivity contribution >= 4 is 11.6 Å². The van der Waals surface area contributed by atoms with E-state index in [1.165, 1.54) is 11.1 Å². The summed E-state index contributed by atoms with van der Waals surface area (Å²) in [5.74, 6) is 0. The third kappa shape index (κ3) is 4.27. The Bertz CT molecular complexity index is 542. The number of hydrogen-bond acceptors (Lipinski definition) is 3. The molecule has 1 aromatic heterocycles. The van der Waals surface area contributed by atoms with Crippen LogP contribution in [-0.4, -0.2) is 23.0 Å². The number of nitrogens with zero attached hydrogens (tertiary/aromatic N) is 2. The van der Waals surface area contributed by atoms with Gasteiger partial charge in [0, 0.05) is 30.0 Å². The molecule has 0 saturated carbocycles. The second-order valence-electron chi connectivity index (χ2n) is 5.34. The maximum absolute atomic E-state index is 6.34. The Labute approximate surface area is 131 Å². The Morgan fingerprint density at radius 2 is 1.76 bits per heavy atom. The molecular formula is C17H22ClN3. The molecule has 0 aliphatic heterocycles. The van der Waals surface area contributed by atoms with Crippen LogP contribution >= 0.6 is 11.6 Å². The summed E-state index contributed by atoms with van der Waals surface area (Å²) in [5.41, 5.74) is 8.78. The van der Waals surface area contributed by atoms with Gasteiger partial charge in [0.2, 0.25) is 0 Å². The third-order valence-corrected chi connectivity index (χ3v) is 4.00. The predicted molar refractivity (Wildman–Crippen MR) is 88.2 cm³/mol. The Hall–Kier alpha value is -1.42. The van der Waals surface area contributed by atoms with Gasteiger partial charge in [0.1, 0.15) is 0 Å². The van der Waals surface area contributed by atoms with E-state index < -0.39 is 0 Å². The van der Waals surface area contributed by atoms with Crippen LogP contribution < -0.4 is 5.73 Å². The third-order valence-electron chi connectivity index (χ3n) is 3.74. The van der Waals surface area contributed by atoms with Gasteiger partial charge in [0.15, 0.2) is 0 Å². The van der Waals surface area contributed by atoms with Gasteiger partial charge in [-0.2, -0.15) is 0 Å². The van der Waals surface area contributed by atoms with Gasteiger partial charge in [-0.25, -0.2) is 0 Å². The van der Waals surface area contributed by atoms with Gasteiger partial charge in [0.25, 0.3) is 0 Å². The average Bonchev–Trinajstić information content (AvgIpc) is 2.50.